The van der Waals surface area contributed by atoms with Gasteiger partial charge < -0.3 is 15.0 Å². The Morgan fingerprint density at radius 1 is 1.16 bits per heavy atom. The summed E-state index contributed by atoms with van der Waals surface area (Å²) in [5, 5.41) is 3.02. The molecule has 0 aromatic heterocycles. The molecule has 1 aromatic carbocycles. The van der Waals surface area contributed by atoms with Gasteiger partial charge >= 0.3 is 12.0 Å². The maximum atomic E-state index is 13.5. The van der Waals surface area contributed by atoms with Crippen molar-refractivity contribution in [2.45, 2.75) is 63.1 Å². The predicted octanol–water partition coefficient (Wildman–Crippen LogP) is 3.38. The zero-order valence-electron chi connectivity index (χ0n) is 19.0. The van der Waals surface area contributed by atoms with Gasteiger partial charge in [0.25, 0.3) is 0 Å². The normalized spacial score (nSPS) is 30.4. The monoisotopic (exact) mass is 437 g/mol. The van der Waals surface area contributed by atoms with Crippen LogP contribution in [0.5, 0.6) is 0 Å². The van der Waals surface area contributed by atoms with E-state index in [0.717, 1.165) is 31.5 Å². The van der Waals surface area contributed by atoms with Crippen LogP contribution >= 0.6 is 0 Å². The largest absolute Gasteiger partial charge is 0.467 e. The van der Waals surface area contributed by atoms with Gasteiger partial charge in [-0.1, -0.05) is 48.4 Å². The van der Waals surface area contributed by atoms with Gasteiger partial charge in [-0.15, -0.1) is 0 Å². The van der Waals surface area contributed by atoms with Crippen LogP contribution in [0.4, 0.5) is 4.79 Å². The Balaban J connectivity index is 1.34. The first-order chi connectivity index (χ1) is 15.6. The van der Waals surface area contributed by atoms with Crippen molar-refractivity contribution in [3.63, 3.8) is 0 Å². The first-order valence-corrected chi connectivity index (χ1v) is 12.3. The molecule has 0 radical (unpaired) electrons. The van der Waals surface area contributed by atoms with E-state index in [1.807, 2.05) is 35.2 Å². The second kappa shape index (κ2) is 9.26. The lowest BCUT2D eigenvalue weighted by molar-refractivity contribution is -0.142. The van der Waals surface area contributed by atoms with Crippen LogP contribution < -0.4 is 5.32 Å². The quantitative estimate of drug-likeness (QED) is 0.580. The van der Waals surface area contributed by atoms with Crippen LogP contribution in [0, 0.1) is 11.8 Å². The smallest absolute Gasteiger partial charge is 0.328 e. The summed E-state index contributed by atoms with van der Waals surface area (Å²) in [5.41, 5.74) is 2.46. The Labute approximate surface area is 191 Å². The summed E-state index contributed by atoms with van der Waals surface area (Å²) >= 11 is 0. The average Bonchev–Trinajstić information content (AvgIpc) is 2.83. The van der Waals surface area contributed by atoms with E-state index in [-0.39, 0.29) is 12.1 Å². The molecule has 4 aliphatic rings. The molecule has 0 spiro atoms. The van der Waals surface area contributed by atoms with Crippen molar-refractivity contribution in [3.05, 3.63) is 47.5 Å². The van der Waals surface area contributed by atoms with Gasteiger partial charge in [0.05, 0.1) is 13.2 Å². The maximum absolute atomic E-state index is 13.5. The molecule has 6 nitrogen and oxygen atoms in total. The molecule has 1 aliphatic carbocycles. The van der Waals surface area contributed by atoms with E-state index >= 15 is 0 Å². The highest BCUT2D eigenvalue weighted by Gasteiger charge is 2.47. The molecule has 3 heterocycles. The molecule has 32 heavy (non-hydrogen) atoms. The zero-order valence-corrected chi connectivity index (χ0v) is 19.0. The fourth-order valence-electron chi connectivity index (χ4n) is 6.62. The summed E-state index contributed by atoms with van der Waals surface area (Å²) < 4.78 is 5.01. The number of piperidine rings is 3. The molecule has 2 bridgehead atoms. The molecule has 1 N–H and O–H groups in total. The van der Waals surface area contributed by atoms with Gasteiger partial charge in [0.2, 0.25) is 0 Å². The third-order valence-corrected chi connectivity index (χ3v) is 7.98. The number of carbonyl (C=O) groups excluding carboxylic acids is 2. The fourth-order valence-corrected chi connectivity index (χ4v) is 6.62. The van der Waals surface area contributed by atoms with Crippen LogP contribution in [0.25, 0.3) is 0 Å². The molecule has 5 atom stereocenters. The number of esters is 1. The Bertz CT molecular complexity index is 870. The summed E-state index contributed by atoms with van der Waals surface area (Å²) in [6.45, 7) is 3.04. The van der Waals surface area contributed by atoms with E-state index in [1.165, 1.54) is 44.9 Å². The Hall–Kier alpha value is -2.34. The van der Waals surface area contributed by atoms with Gasteiger partial charge in [0.1, 0.15) is 6.04 Å². The number of amides is 2. The summed E-state index contributed by atoms with van der Waals surface area (Å²) in [5.74, 6) is 0.739. The number of hydrogen-bond donors (Lipinski definition) is 1. The molecule has 2 amide bonds. The topological polar surface area (TPSA) is 61.9 Å². The van der Waals surface area contributed by atoms with Crippen LogP contribution in [0.3, 0.4) is 0 Å². The summed E-state index contributed by atoms with van der Waals surface area (Å²) in [7, 11) is 1.38. The van der Waals surface area contributed by atoms with Crippen LogP contribution in [0.15, 0.2) is 42.0 Å². The van der Waals surface area contributed by atoms with Crippen LogP contribution in [-0.2, 0) is 16.0 Å². The fraction of sp³-hybridized carbons (Fsp3) is 0.615. The highest BCUT2D eigenvalue weighted by Crippen LogP contribution is 2.45. The molecule has 0 unspecified atom stereocenters. The van der Waals surface area contributed by atoms with Crippen molar-refractivity contribution in [1.82, 2.24) is 15.1 Å². The standard InChI is InChI=1S/C26H35N3O3/c1-32-25(30)22(14-18-8-3-2-4-9-18)27-26(31)29-13-7-10-19-15-20-16-21(24(19)29)17-28-12-6-5-11-23(20)28/h2-4,8-9,15,20-24H,5-7,10-14,16-17H2,1H3,(H,27,31)/t20-,21-,22+,23-,24-/m0/s1. The van der Waals surface area contributed by atoms with Crippen molar-refractivity contribution in [3.8, 4) is 0 Å². The van der Waals surface area contributed by atoms with Crippen LogP contribution in [0.2, 0.25) is 0 Å². The molecule has 172 valence electrons. The second-order valence-corrected chi connectivity index (χ2v) is 9.92. The van der Waals surface area contributed by atoms with Crippen molar-refractivity contribution < 1.29 is 14.3 Å². The zero-order chi connectivity index (χ0) is 22.1. The number of carbonyl (C=O) groups is 2. The minimum absolute atomic E-state index is 0.133. The third-order valence-electron chi connectivity index (χ3n) is 7.98. The Kier molecular flexibility index (Phi) is 6.22. The minimum Gasteiger partial charge on any atom is -0.467 e. The minimum atomic E-state index is -0.682. The van der Waals surface area contributed by atoms with Gasteiger partial charge in [-0.3, -0.25) is 4.90 Å². The number of nitrogens with zero attached hydrogens (tertiary/aromatic N) is 2. The lowest BCUT2D eigenvalue weighted by atomic mass is 9.68. The van der Waals surface area contributed by atoms with E-state index in [4.69, 9.17) is 4.74 Å². The molecule has 3 aliphatic heterocycles. The number of nitrogens with one attached hydrogen (secondary N) is 1. The molecule has 1 aromatic rings. The number of hydrogen-bond acceptors (Lipinski definition) is 4. The first kappa shape index (κ1) is 21.5. The van der Waals surface area contributed by atoms with Crippen molar-refractivity contribution in [2.24, 2.45) is 11.8 Å². The Morgan fingerprint density at radius 2 is 2.00 bits per heavy atom. The summed E-state index contributed by atoms with van der Waals surface area (Å²) in [6, 6.07) is 9.84. The summed E-state index contributed by atoms with van der Waals surface area (Å²) in [6.07, 6.45) is 10.2. The number of methoxy groups -OCH3 is 1. The number of rotatable bonds is 4. The van der Waals surface area contributed by atoms with Gasteiger partial charge in [-0.05, 0) is 56.0 Å². The molecule has 5 rings (SSSR count). The number of fused-ring (bicyclic) bond motifs is 6. The second-order valence-electron chi connectivity index (χ2n) is 9.92. The number of likely N-dealkylation sites (tertiary alicyclic amines) is 1. The molecular formula is C26H35N3O3. The third kappa shape index (κ3) is 4.17. The maximum Gasteiger partial charge on any atom is 0.328 e. The lowest BCUT2D eigenvalue weighted by Crippen LogP contribution is -2.62. The van der Waals surface area contributed by atoms with Crippen LogP contribution in [0.1, 0.15) is 44.1 Å². The molecule has 3 saturated heterocycles. The number of urea groups is 1. The number of ether oxygens (including phenoxy) is 1. The van der Waals surface area contributed by atoms with E-state index in [0.29, 0.717) is 24.3 Å². The van der Waals surface area contributed by atoms with E-state index in [9.17, 15) is 9.59 Å². The van der Waals surface area contributed by atoms with Gasteiger partial charge in [0, 0.05) is 25.6 Å². The highest BCUT2D eigenvalue weighted by molar-refractivity contribution is 5.84. The van der Waals surface area contributed by atoms with Crippen molar-refractivity contribution in [1.29, 1.82) is 0 Å². The molecular weight excluding hydrogens is 402 g/mol. The highest BCUT2D eigenvalue weighted by atomic mass is 16.5. The first-order valence-electron chi connectivity index (χ1n) is 12.3. The van der Waals surface area contributed by atoms with Gasteiger partial charge in [0.15, 0.2) is 0 Å². The van der Waals surface area contributed by atoms with Gasteiger partial charge in [-0.25, -0.2) is 9.59 Å². The Morgan fingerprint density at radius 3 is 2.81 bits per heavy atom. The SMILES string of the molecule is COC(=O)[C@@H](Cc1ccccc1)NC(=O)N1CCCC2=C[C@H]3C[C@@H](CN4CCCC[C@@H]34)[C@H]21. The van der Waals surface area contributed by atoms with Crippen molar-refractivity contribution in [2.75, 3.05) is 26.7 Å². The molecule has 6 heteroatoms. The van der Waals surface area contributed by atoms with E-state index in [1.54, 1.807) is 0 Å². The predicted molar refractivity (Wildman–Crippen MR) is 123 cm³/mol. The summed E-state index contributed by atoms with van der Waals surface area (Å²) in [4.78, 5) is 30.7. The van der Waals surface area contributed by atoms with Crippen LogP contribution in [-0.4, -0.2) is 66.7 Å². The van der Waals surface area contributed by atoms with E-state index < -0.39 is 12.0 Å². The molecule has 0 saturated carbocycles. The lowest BCUT2D eigenvalue weighted by Gasteiger charge is -2.54. The molecule has 3 fully saturated rings. The van der Waals surface area contributed by atoms with Crippen molar-refractivity contribution >= 4 is 12.0 Å². The average molecular weight is 438 g/mol. The van der Waals surface area contributed by atoms with Gasteiger partial charge in [-0.2, -0.15) is 0 Å². The number of benzene rings is 1. The van der Waals surface area contributed by atoms with E-state index in [2.05, 4.69) is 16.3 Å².